The maximum absolute atomic E-state index is 5.22. The molecule has 0 aliphatic rings. The highest BCUT2D eigenvalue weighted by molar-refractivity contribution is 5.61. The molecule has 3 aromatic rings. The summed E-state index contributed by atoms with van der Waals surface area (Å²) in [6, 6.07) is 10.2. The summed E-state index contributed by atoms with van der Waals surface area (Å²) in [5.41, 5.74) is 5.81. The van der Waals surface area contributed by atoms with Crippen molar-refractivity contribution in [3.8, 4) is 11.5 Å². The van der Waals surface area contributed by atoms with Gasteiger partial charge in [0.05, 0.1) is 0 Å². The van der Waals surface area contributed by atoms with Crippen LogP contribution in [0.3, 0.4) is 0 Å². The van der Waals surface area contributed by atoms with E-state index in [9.17, 15) is 0 Å². The zero-order valence-corrected chi connectivity index (χ0v) is 12.4. The molecule has 0 radical (unpaired) electrons. The molecule has 0 unspecified atom stereocenters. The fourth-order valence-corrected chi connectivity index (χ4v) is 2.37. The summed E-state index contributed by atoms with van der Waals surface area (Å²) in [6.07, 6.45) is 1.34. The van der Waals surface area contributed by atoms with Crippen molar-refractivity contribution in [1.82, 2.24) is 14.8 Å². The second kappa shape index (κ2) is 5.44. The van der Waals surface area contributed by atoms with Crippen LogP contribution < -0.4 is 5.32 Å². The van der Waals surface area contributed by atoms with Crippen molar-refractivity contribution in [3.05, 3.63) is 53.7 Å². The number of nitrogens with one attached hydrogen (secondary N) is 1. The molecule has 0 saturated heterocycles. The average molecular weight is 282 g/mol. The first kappa shape index (κ1) is 13.4. The number of nitrogens with zero attached hydrogens (tertiary/aromatic N) is 3. The Balaban J connectivity index is 1.76. The summed E-state index contributed by atoms with van der Waals surface area (Å²) in [4.78, 5) is 0. The number of hydrogen-bond donors (Lipinski definition) is 1. The summed E-state index contributed by atoms with van der Waals surface area (Å²) in [5.74, 6) is 0.533. The molecule has 1 N–H and O–H groups in total. The fourth-order valence-electron chi connectivity index (χ4n) is 2.37. The van der Waals surface area contributed by atoms with Crippen LogP contribution in [0, 0.1) is 13.8 Å². The number of hydrogen-bond acceptors (Lipinski definition) is 4. The van der Waals surface area contributed by atoms with Gasteiger partial charge in [0.25, 0.3) is 0 Å². The minimum Gasteiger partial charge on any atom is -0.423 e. The molecule has 2 aromatic heterocycles. The van der Waals surface area contributed by atoms with E-state index in [2.05, 4.69) is 47.0 Å². The van der Waals surface area contributed by atoms with E-state index in [0.717, 1.165) is 17.8 Å². The van der Waals surface area contributed by atoms with Crippen molar-refractivity contribution < 1.29 is 4.42 Å². The Morgan fingerprint density at radius 1 is 1.24 bits per heavy atom. The summed E-state index contributed by atoms with van der Waals surface area (Å²) in [6.45, 7) is 5.05. The molecule has 3 rings (SSSR count). The van der Waals surface area contributed by atoms with Gasteiger partial charge in [-0.2, -0.15) is 0 Å². The van der Waals surface area contributed by atoms with Crippen LogP contribution >= 0.6 is 0 Å². The van der Waals surface area contributed by atoms with Crippen molar-refractivity contribution in [2.24, 2.45) is 7.05 Å². The van der Waals surface area contributed by atoms with Gasteiger partial charge in [-0.1, -0.05) is 6.07 Å². The molecule has 21 heavy (non-hydrogen) atoms. The summed E-state index contributed by atoms with van der Waals surface area (Å²) in [5, 5.41) is 11.1. The first-order chi connectivity index (χ1) is 10.1. The van der Waals surface area contributed by atoms with E-state index in [0.29, 0.717) is 5.89 Å². The van der Waals surface area contributed by atoms with Gasteiger partial charge < -0.3 is 14.3 Å². The summed E-state index contributed by atoms with van der Waals surface area (Å²) in [7, 11) is 2.09. The molecule has 1 aromatic carbocycles. The highest BCUT2D eigenvalue weighted by atomic mass is 16.4. The van der Waals surface area contributed by atoms with Gasteiger partial charge in [-0.3, -0.25) is 0 Å². The maximum atomic E-state index is 5.22. The molecule has 2 heterocycles. The van der Waals surface area contributed by atoms with Gasteiger partial charge in [-0.25, -0.2) is 0 Å². The Morgan fingerprint density at radius 2 is 2.10 bits per heavy atom. The molecule has 0 atom stereocenters. The number of benzene rings is 1. The first-order valence-corrected chi connectivity index (χ1v) is 6.87. The topological polar surface area (TPSA) is 55.9 Å². The first-order valence-electron chi connectivity index (χ1n) is 6.87. The fraction of sp³-hybridized carbons (Fsp3) is 0.250. The lowest BCUT2D eigenvalue weighted by molar-refractivity contribution is 0.568. The van der Waals surface area contributed by atoms with E-state index in [-0.39, 0.29) is 0 Å². The molecular formula is C16H18N4O. The van der Waals surface area contributed by atoms with Crippen molar-refractivity contribution in [2.45, 2.75) is 20.4 Å². The van der Waals surface area contributed by atoms with Gasteiger partial charge in [-0.15, -0.1) is 10.2 Å². The highest BCUT2D eigenvalue weighted by Gasteiger charge is 2.07. The van der Waals surface area contributed by atoms with Crippen LogP contribution in [-0.2, 0) is 13.6 Å². The maximum Gasteiger partial charge on any atom is 0.247 e. The molecule has 5 heteroatoms. The van der Waals surface area contributed by atoms with Crippen LogP contribution in [0.2, 0.25) is 0 Å². The molecule has 0 aliphatic carbocycles. The minimum absolute atomic E-state index is 0.533. The normalized spacial score (nSPS) is 10.8. The van der Waals surface area contributed by atoms with Gasteiger partial charge >= 0.3 is 0 Å². The molecule has 0 spiro atoms. The predicted molar refractivity (Wildman–Crippen MR) is 81.9 cm³/mol. The second-order valence-electron chi connectivity index (χ2n) is 5.13. The van der Waals surface area contributed by atoms with Crippen molar-refractivity contribution >= 4 is 5.69 Å². The van der Waals surface area contributed by atoms with Gasteiger partial charge in [-0.05, 0) is 43.7 Å². The Bertz CT molecular complexity index is 744. The van der Waals surface area contributed by atoms with Gasteiger partial charge in [0.2, 0.25) is 12.3 Å². The standard InChI is InChI=1S/C16H18N4O/c1-11-7-14(12(2)20(11)3)9-17-15-6-4-5-13(8-15)16-19-18-10-21-16/h4-8,10,17H,9H2,1-3H3. The number of aryl methyl sites for hydroxylation is 1. The molecule has 0 bridgehead atoms. The second-order valence-corrected chi connectivity index (χ2v) is 5.13. The van der Waals surface area contributed by atoms with Crippen molar-refractivity contribution in [3.63, 3.8) is 0 Å². The van der Waals surface area contributed by atoms with Crippen LogP contribution in [0.4, 0.5) is 5.69 Å². The van der Waals surface area contributed by atoms with Crippen LogP contribution in [0.15, 0.2) is 41.1 Å². The van der Waals surface area contributed by atoms with Crippen LogP contribution in [0.25, 0.3) is 11.5 Å². The zero-order valence-electron chi connectivity index (χ0n) is 12.4. The smallest absolute Gasteiger partial charge is 0.247 e. The monoisotopic (exact) mass is 282 g/mol. The Hall–Kier alpha value is -2.56. The number of anilines is 1. The zero-order chi connectivity index (χ0) is 14.8. The molecule has 0 aliphatic heterocycles. The predicted octanol–water partition coefficient (Wildman–Crippen LogP) is 3.30. The number of rotatable bonds is 4. The Morgan fingerprint density at radius 3 is 2.76 bits per heavy atom. The molecular weight excluding hydrogens is 264 g/mol. The van der Waals surface area contributed by atoms with Crippen LogP contribution in [-0.4, -0.2) is 14.8 Å². The van der Waals surface area contributed by atoms with Gasteiger partial charge in [0, 0.05) is 36.2 Å². The van der Waals surface area contributed by atoms with Crippen LogP contribution in [0.1, 0.15) is 17.0 Å². The van der Waals surface area contributed by atoms with Crippen LogP contribution in [0.5, 0.6) is 0 Å². The van der Waals surface area contributed by atoms with E-state index >= 15 is 0 Å². The molecule has 0 saturated carbocycles. The largest absolute Gasteiger partial charge is 0.423 e. The third-order valence-corrected chi connectivity index (χ3v) is 3.83. The highest BCUT2D eigenvalue weighted by Crippen LogP contribution is 2.21. The van der Waals surface area contributed by atoms with E-state index < -0.39 is 0 Å². The van der Waals surface area contributed by atoms with Gasteiger partial charge in [0.15, 0.2) is 0 Å². The van der Waals surface area contributed by atoms with E-state index in [4.69, 9.17) is 4.42 Å². The summed E-state index contributed by atoms with van der Waals surface area (Å²) >= 11 is 0. The molecule has 0 amide bonds. The van der Waals surface area contributed by atoms with Crippen molar-refractivity contribution in [1.29, 1.82) is 0 Å². The summed E-state index contributed by atoms with van der Waals surface area (Å²) < 4.78 is 7.42. The quantitative estimate of drug-likeness (QED) is 0.797. The lowest BCUT2D eigenvalue weighted by Gasteiger charge is -2.07. The molecule has 5 nitrogen and oxygen atoms in total. The van der Waals surface area contributed by atoms with E-state index in [1.54, 1.807) is 0 Å². The lowest BCUT2D eigenvalue weighted by atomic mass is 10.2. The SMILES string of the molecule is Cc1cc(CNc2cccc(-c3nnco3)c2)c(C)n1C. The van der Waals surface area contributed by atoms with Gasteiger partial charge in [0.1, 0.15) is 0 Å². The minimum atomic E-state index is 0.533. The van der Waals surface area contributed by atoms with E-state index in [1.165, 1.54) is 23.3 Å². The molecule has 108 valence electrons. The average Bonchev–Trinajstić information content (AvgIpc) is 3.11. The van der Waals surface area contributed by atoms with E-state index in [1.807, 2.05) is 24.3 Å². The molecule has 0 fully saturated rings. The number of aromatic nitrogens is 3. The Labute approximate surface area is 123 Å². The third-order valence-electron chi connectivity index (χ3n) is 3.83. The lowest BCUT2D eigenvalue weighted by Crippen LogP contribution is -2.01. The van der Waals surface area contributed by atoms with Crippen molar-refractivity contribution in [2.75, 3.05) is 5.32 Å². The third kappa shape index (κ3) is 2.67. The Kier molecular flexibility index (Phi) is 3.48.